The zero-order valence-corrected chi connectivity index (χ0v) is 9.82. The van der Waals surface area contributed by atoms with Crippen molar-refractivity contribution in [2.45, 2.75) is 17.7 Å². The van der Waals surface area contributed by atoms with Gasteiger partial charge in [0.15, 0.2) is 0 Å². The highest BCUT2D eigenvalue weighted by Gasteiger charge is 2.24. The molecule has 1 aliphatic heterocycles. The molecule has 4 heteroatoms. The van der Waals surface area contributed by atoms with Crippen molar-refractivity contribution in [3.63, 3.8) is 0 Å². The van der Waals surface area contributed by atoms with Crippen molar-refractivity contribution >= 4 is 17.9 Å². The molecule has 1 fully saturated rings. The van der Waals surface area contributed by atoms with Crippen molar-refractivity contribution in [2.75, 3.05) is 13.1 Å². The summed E-state index contributed by atoms with van der Waals surface area (Å²) in [5.74, 6) is -0.794. The largest absolute Gasteiger partial charge is 0.481 e. The van der Waals surface area contributed by atoms with Gasteiger partial charge in [0, 0.05) is 18.0 Å². The summed E-state index contributed by atoms with van der Waals surface area (Å²) in [6.07, 6.45) is 1.52. The van der Waals surface area contributed by atoms with Crippen LogP contribution in [0.3, 0.4) is 0 Å². The van der Waals surface area contributed by atoms with E-state index in [0.717, 1.165) is 25.9 Å². The summed E-state index contributed by atoms with van der Waals surface area (Å²) in [7, 11) is 0. The van der Waals surface area contributed by atoms with Gasteiger partial charge < -0.3 is 5.11 Å². The third kappa shape index (κ3) is 3.00. The standard InChI is InChI=1S/C12H15NO2S/c14-12(15)10-6-8-13(9-7-10)16-11-4-2-1-3-5-11/h1-5,10H,6-9H2,(H,14,15). The van der Waals surface area contributed by atoms with Crippen LogP contribution in [-0.2, 0) is 4.79 Å². The van der Waals surface area contributed by atoms with E-state index in [9.17, 15) is 4.79 Å². The van der Waals surface area contributed by atoms with Crippen molar-refractivity contribution < 1.29 is 9.90 Å². The molecule has 1 heterocycles. The van der Waals surface area contributed by atoms with Crippen LogP contribution < -0.4 is 0 Å². The van der Waals surface area contributed by atoms with Crippen molar-refractivity contribution in [1.82, 2.24) is 4.31 Å². The maximum atomic E-state index is 10.8. The summed E-state index contributed by atoms with van der Waals surface area (Å²) in [4.78, 5) is 12.0. The number of nitrogens with zero attached hydrogens (tertiary/aromatic N) is 1. The van der Waals surface area contributed by atoms with Crippen LogP contribution in [0.4, 0.5) is 0 Å². The number of rotatable bonds is 3. The van der Waals surface area contributed by atoms with E-state index < -0.39 is 5.97 Å². The Morgan fingerprint density at radius 2 is 1.88 bits per heavy atom. The first-order valence-electron chi connectivity index (χ1n) is 5.46. The van der Waals surface area contributed by atoms with Crippen LogP contribution in [0.1, 0.15) is 12.8 Å². The number of carboxylic acids is 1. The van der Waals surface area contributed by atoms with Gasteiger partial charge in [-0.25, -0.2) is 4.31 Å². The minimum atomic E-state index is -0.649. The number of benzene rings is 1. The molecular formula is C12H15NO2S. The van der Waals surface area contributed by atoms with Crippen molar-refractivity contribution in [2.24, 2.45) is 5.92 Å². The van der Waals surface area contributed by atoms with Crippen LogP contribution >= 0.6 is 11.9 Å². The number of carbonyl (C=O) groups is 1. The molecule has 0 amide bonds. The SMILES string of the molecule is O=C(O)C1CCN(Sc2ccccc2)CC1. The molecule has 0 spiro atoms. The zero-order chi connectivity index (χ0) is 11.4. The van der Waals surface area contributed by atoms with Gasteiger partial charge >= 0.3 is 5.97 Å². The van der Waals surface area contributed by atoms with Crippen LogP contribution in [0.25, 0.3) is 0 Å². The molecule has 0 radical (unpaired) electrons. The second-order valence-electron chi connectivity index (χ2n) is 3.95. The van der Waals surface area contributed by atoms with Gasteiger partial charge in [-0.3, -0.25) is 4.79 Å². The Balaban J connectivity index is 1.84. The van der Waals surface area contributed by atoms with Gasteiger partial charge in [-0.2, -0.15) is 0 Å². The van der Waals surface area contributed by atoms with Crippen LogP contribution in [0, 0.1) is 5.92 Å². The maximum Gasteiger partial charge on any atom is 0.306 e. The fourth-order valence-corrected chi connectivity index (χ4v) is 2.79. The average Bonchev–Trinajstić information content (AvgIpc) is 2.31. The van der Waals surface area contributed by atoms with Crippen LogP contribution in [-0.4, -0.2) is 28.5 Å². The van der Waals surface area contributed by atoms with E-state index in [1.54, 1.807) is 11.9 Å². The van der Waals surface area contributed by atoms with Gasteiger partial charge in [0.05, 0.1) is 5.92 Å². The summed E-state index contributed by atoms with van der Waals surface area (Å²) in [5.41, 5.74) is 0. The highest BCUT2D eigenvalue weighted by atomic mass is 32.2. The smallest absolute Gasteiger partial charge is 0.306 e. The predicted molar refractivity (Wildman–Crippen MR) is 64.2 cm³/mol. The zero-order valence-electron chi connectivity index (χ0n) is 9.00. The fraction of sp³-hybridized carbons (Fsp3) is 0.417. The Hall–Kier alpha value is -1.00. The molecule has 0 atom stereocenters. The average molecular weight is 237 g/mol. The summed E-state index contributed by atoms with van der Waals surface area (Å²) in [6.45, 7) is 1.72. The van der Waals surface area contributed by atoms with Crippen molar-refractivity contribution in [1.29, 1.82) is 0 Å². The van der Waals surface area contributed by atoms with Crippen molar-refractivity contribution in [3.8, 4) is 0 Å². The van der Waals surface area contributed by atoms with Gasteiger partial charge in [0.2, 0.25) is 0 Å². The molecule has 0 aliphatic carbocycles. The van der Waals surface area contributed by atoms with E-state index in [1.807, 2.05) is 18.2 Å². The van der Waals surface area contributed by atoms with E-state index >= 15 is 0 Å². The second kappa shape index (κ2) is 5.37. The molecule has 1 aromatic carbocycles. The summed E-state index contributed by atoms with van der Waals surface area (Å²) in [5, 5.41) is 8.89. The first kappa shape index (κ1) is 11.5. The van der Waals surface area contributed by atoms with Crippen LogP contribution in [0.5, 0.6) is 0 Å². The highest BCUT2D eigenvalue weighted by molar-refractivity contribution is 7.97. The molecule has 0 saturated carbocycles. The summed E-state index contributed by atoms with van der Waals surface area (Å²) >= 11 is 1.72. The molecule has 0 aromatic heterocycles. The molecule has 1 N–H and O–H groups in total. The monoisotopic (exact) mass is 237 g/mol. The predicted octanol–water partition coefficient (Wildman–Crippen LogP) is 2.49. The highest BCUT2D eigenvalue weighted by Crippen LogP contribution is 2.27. The lowest BCUT2D eigenvalue weighted by Crippen LogP contribution is -2.31. The Bertz CT molecular complexity index is 347. The number of carboxylic acid groups (broad SMARTS) is 1. The molecule has 2 rings (SSSR count). The molecule has 1 saturated heterocycles. The quantitative estimate of drug-likeness (QED) is 0.820. The lowest BCUT2D eigenvalue weighted by Gasteiger charge is -2.28. The molecule has 86 valence electrons. The van der Waals surface area contributed by atoms with E-state index in [1.165, 1.54) is 4.90 Å². The Morgan fingerprint density at radius 3 is 2.44 bits per heavy atom. The van der Waals surface area contributed by atoms with Crippen molar-refractivity contribution in [3.05, 3.63) is 30.3 Å². The third-order valence-corrected chi connectivity index (χ3v) is 3.89. The number of hydrogen-bond acceptors (Lipinski definition) is 3. The lowest BCUT2D eigenvalue weighted by atomic mass is 9.99. The molecule has 16 heavy (non-hydrogen) atoms. The van der Waals surface area contributed by atoms with E-state index in [0.29, 0.717) is 0 Å². The van der Waals surface area contributed by atoms with Gasteiger partial charge in [-0.1, -0.05) is 18.2 Å². The number of aliphatic carboxylic acids is 1. The topological polar surface area (TPSA) is 40.5 Å². The van der Waals surface area contributed by atoms with E-state index in [2.05, 4.69) is 16.4 Å². The molecule has 0 bridgehead atoms. The molecule has 3 nitrogen and oxygen atoms in total. The van der Waals surface area contributed by atoms with E-state index in [4.69, 9.17) is 5.11 Å². The molecule has 1 aliphatic rings. The first-order valence-corrected chi connectivity index (χ1v) is 6.24. The minimum Gasteiger partial charge on any atom is -0.481 e. The summed E-state index contributed by atoms with van der Waals surface area (Å²) < 4.78 is 2.24. The fourth-order valence-electron chi connectivity index (χ4n) is 1.82. The van der Waals surface area contributed by atoms with E-state index in [-0.39, 0.29) is 5.92 Å². The van der Waals surface area contributed by atoms with Crippen LogP contribution in [0.15, 0.2) is 35.2 Å². The van der Waals surface area contributed by atoms with Gasteiger partial charge in [-0.15, -0.1) is 0 Å². The number of hydrogen-bond donors (Lipinski definition) is 1. The van der Waals surface area contributed by atoms with Gasteiger partial charge in [0.25, 0.3) is 0 Å². The number of piperidine rings is 1. The molecular weight excluding hydrogens is 222 g/mol. The summed E-state index contributed by atoms with van der Waals surface area (Å²) in [6, 6.07) is 10.2. The van der Waals surface area contributed by atoms with Gasteiger partial charge in [-0.05, 0) is 36.9 Å². The Kier molecular flexibility index (Phi) is 3.85. The van der Waals surface area contributed by atoms with Gasteiger partial charge in [0.1, 0.15) is 0 Å². The Morgan fingerprint density at radius 1 is 1.25 bits per heavy atom. The molecule has 1 aromatic rings. The van der Waals surface area contributed by atoms with Crippen LogP contribution in [0.2, 0.25) is 0 Å². The Labute approximate surface area is 99.6 Å². The first-order chi connectivity index (χ1) is 7.75. The maximum absolute atomic E-state index is 10.8. The third-order valence-electron chi connectivity index (χ3n) is 2.78. The second-order valence-corrected chi connectivity index (χ2v) is 5.12. The lowest BCUT2D eigenvalue weighted by molar-refractivity contribution is -0.142. The minimum absolute atomic E-state index is 0.146. The normalized spacial score (nSPS) is 18.5. The molecule has 0 unspecified atom stereocenters.